The molecular formula is C18H20N4OS2. The molecule has 1 aliphatic heterocycles. The largest absolute Gasteiger partial charge is 0.349 e. The third kappa shape index (κ3) is 3.57. The van der Waals surface area contributed by atoms with E-state index in [2.05, 4.69) is 26.8 Å². The Morgan fingerprint density at radius 3 is 3.00 bits per heavy atom. The van der Waals surface area contributed by atoms with Crippen LogP contribution in [-0.2, 0) is 6.54 Å². The molecule has 7 heteroatoms. The maximum absolute atomic E-state index is 12.8. The molecule has 3 aromatic heterocycles. The molecule has 3 aromatic rings. The summed E-state index contributed by atoms with van der Waals surface area (Å²) < 4.78 is 1.88. The molecule has 0 aliphatic carbocycles. The summed E-state index contributed by atoms with van der Waals surface area (Å²) in [6, 6.07) is 6.26. The van der Waals surface area contributed by atoms with E-state index in [1.807, 2.05) is 35.5 Å². The molecular weight excluding hydrogens is 352 g/mol. The molecule has 0 radical (unpaired) electrons. The average molecular weight is 373 g/mol. The Hall–Kier alpha value is -1.86. The number of rotatable bonds is 4. The molecule has 0 atom stereocenters. The molecule has 1 N–H and O–H groups in total. The maximum atomic E-state index is 12.8. The van der Waals surface area contributed by atoms with Gasteiger partial charge in [-0.25, -0.2) is 9.67 Å². The summed E-state index contributed by atoms with van der Waals surface area (Å²) in [6.45, 7) is 2.61. The first kappa shape index (κ1) is 16.6. The SMILES string of the molecule is Cc1cc(C(=O)NC2CCSCC2)c2cnn(Cc3cccs3)c2n1. The molecule has 0 unspecified atom stereocenters. The van der Waals surface area contributed by atoms with Crippen LogP contribution in [0, 0.1) is 6.92 Å². The van der Waals surface area contributed by atoms with Crippen LogP contribution in [0.25, 0.3) is 11.0 Å². The van der Waals surface area contributed by atoms with Crippen molar-refractivity contribution in [1.29, 1.82) is 0 Å². The van der Waals surface area contributed by atoms with Crippen molar-refractivity contribution >= 4 is 40.0 Å². The van der Waals surface area contributed by atoms with Crippen molar-refractivity contribution in [3.05, 3.63) is 45.9 Å². The Bertz CT molecular complexity index is 882. The van der Waals surface area contributed by atoms with Gasteiger partial charge in [0.1, 0.15) is 0 Å². The van der Waals surface area contributed by atoms with Crippen LogP contribution >= 0.6 is 23.1 Å². The van der Waals surface area contributed by atoms with Crippen molar-refractivity contribution in [2.45, 2.75) is 32.4 Å². The van der Waals surface area contributed by atoms with E-state index in [-0.39, 0.29) is 11.9 Å². The molecule has 1 saturated heterocycles. The number of fused-ring (bicyclic) bond motifs is 1. The van der Waals surface area contributed by atoms with Gasteiger partial charge in [-0.2, -0.15) is 16.9 Å². The second kappa shape index (κ2) is 7.17. The van der Waals surface area contributed by atoms with Gasteiger partial charge in [-0.15, -0.1) is 11.3 Å². The van der Waals surface area contributed by atoms with Gasteiger partial charge in [0.05, 0.1) is 23.7 Å². The lowest BCUT2D eigenvalue weighted by atomic mass is 10.1. The molecule has 0 spiro atoms. The summed E-state index contributed by atoms with van der Waals surface area (Å²) in [6.07, 6.45) is 3.85. The summed E-state index contributed by atoms with van der Waals surface area (Å²) in [5.74, 6) is 2.23. The number of aromatic nitrogens is 3. The number of pyridine rings is 1. The predicted octanol–water partition coefficient (Wildman–Crippen LogP) is 3.47. The van der Waals surface area contributed by atoms with Gasteiger partial charge in [-0.3, -0.25) is 4.79 Å². The maximum Gasteiger partial charge on any atom is 0.252 e. The molecule has 130 valence electrons. The zero-order valence-electron chi connectivity index (χ0n) is 14.1. The molecule has 4 rings (SSSR count). The Labute approximate surface area is 154 Å². The van der Waals surface area contributed by atoms with Crippen LogP contribution in [-0.4, -0.2) is 38.2 Å². The van der Waals surface area contributed by atoms with Crippen LogP contribution in [0.3, 0.4) is 0 Å². The van der Waals surface area contributed by atoms with Crippen molar-refractivity contribution in [3.8, 4) is 0 Å². The molecule has 1 aliphatic rings. The number of hydrogen-bond donors (Lipinski definition) is 1. The lowest BCUT2D eigenvalue weighted by molar-refractivity contribution is 0.0936. The van der Waals surface area contributed by atoms with Crippen LogP contribution < -0.4 is 5.32 Å². The molecule has 0 saturated carbocycles. The van der Waals surface area contributed by atoms with E-state index in [9.17, 15) is 4.79 Å². The van der Waals surface area contributed by atoms with Crippen molar-refractivity contribution in [1.82, 2.24) is 20.1 Å². The summed E-state index contributed by atoms with van der Waals surface area (Å²) in [5.41, 5.74) is 2.29. The third-order valence-electron chi connectivity index (χ3n) is 4.42. The smallest absolute Gasteiger partial charge is 0.252 e. The summed E-state index contributed by atoms with van der Waals surface area (Å²) >= 11 is 3.66. The first-order valence-electron chi connectivity index (χ1n) is 8.45. The molecule has 1 fully saturated rings. The van der Waals surface area contributed by atoms with Gasteiger partial charge < -0.3 is 5.32 Å². The lowest BCUT2D eigenvalue weighted by Crippen LogP contribution is -2.37. The number of thiophene rings is 1. The van der Waals surface area contributed by atoms with E-state index < -0.39 is 0 Å². The van der Waals surface area contributed by atoms with Crippen molar-refractivity contribution in [2.75, 3.05) is 11.5 Å². The second-order valence-corrected chi connectivity index (χ2v) is 8.55. The Balaban J connectivity index is 1.64. The summed E-state index contributed by atoms with van der Waals surface area (Å²) in [4.78, 5) is 18.7. The van der Waals surface area contributed by atoms with Crippen LogP contribution in [0.2, 0.25) is 0 Å². The lowest BCUT2D eigenvalue weighted by Gasteiger charge is -2.22. The monoisotopic (exact) mass is 372 g/mol. The van der Waals surface area contributed by atoms with E-state index in [0.717, 1.165) is 41.1 Å². The summed E-state index contributed by atoms with van der Waals surface area (Å²) in [7, 11) is 0. The molecule has 25 heavy (non-hydrogen) atoms. The predicted molar refractivity (Wildman–Crippen MR) is 103 cm³/mol. The first-order chi connectivity index (χ1) is 12.2. The van der Waals surface area contributed by atoms with Crippen molar-refractivity contribution < 1.29 is 4.79 Å². The minimum Gasteiger partial charge on any atom is -0.349 e. The number of amides is 1. The van der Waals surface area contributed by atoms with Gasteiger partial charge in [0.25, 0.3) is 5.91 Å². The Morgan fingerprint density at radius 2 is 2.24 bits per heavy atom. The summed E-state index contributed by atoms with van der Waals surface area (Å²) in [5, 5.41) is 10.6. The number of nitrogens with zero attached hydrogens (tertiary/aromatic N) is 3. The number of nitrogens with one attached hydrogen (secondary N) is 1. The molecule has 4 heterocycles. The Morgan fingerprint density at radius 1 is 1.40 bits per heavy atom. The highest BCUT2D eigenvalue weighted by atomic mass is 32.2. The van der Waals surface area contributed by atoms with Gasteiger partial charge >= 0.3 is 0 Å². The highest BCUT2D eigenvalue weighted by Gasteiger charge is 2.20. The van der Waals surface area contributed by atoms with Gasteiger partial charge in [-0.05, 0) is 48.8 Å². The van der Waals surface area contributed by atoms with Crippen LogP contribution in [0.5, 0.6) is 0 Å². The average Bonchev–Trinajstić information content (AvgIpc) is 3.26. The third-order valence-corrected chi connectivity index (χ3v) is 6.33. The standard InChI is InChI=1S/C18H20N4OS2/c1-12-9-15(18(23)21-13-4-7-24-8-5-13)16-10-19-22(17(16)20-12)11-14-3-2-6-25-14/h2-3,6,9-10,13H,4-5,7-8,11H2,1H3,(H,21,23). The van der Waals surface area contributed by atoms with E-state index in [0.29, 0.717) is 12.1 Å². The van der Waals surface area contributed by atoms with Gasteiger partial charge in [0.15, 0.2) is 5.65 Å². The second-order valence-electron chi connectivity index (χ2n) is 6.29. The van der Waals surface area contributed by atoms with E-state index >= 15 is 0 Å². The molecule has 0 aromatic carbocycles. The van der Waals surface area contributed by atoms with Crippen LogP contribution in [0.1, 0.15) is 33.8 Å². The zero-order chi connectivity index (χ0) is 17.2. The zero-order valence-corrected chi connectivity index (χ0v) is 15.7. The quantitative estimate of drug-likeness (QED) is 0.762. The molecule has 1 amide bonds. The van der Waals surface area contributed by atoms with Gasteiger partial charge in [0.2, 0.25) is 0 Å². The topological polar surface area (TPSA) is 59.8 Å². The number of thioether (sulfide) groups is 1. The highest BCUT2D eigenvalue weighted by molar-refractivity contribution is 7.99. The molecule has 5 nitrogen and oxygen atoms in total. The van der Waals surface area contributed by atoms with E-state index in [1.165, 1.54) is 4.88 Å². The number of hydrogen-bond acceptors (Lipinski definition) is 5. The number of aryl methyl sites for hydroxylation is 1. The Kier molecular flexibility index (Phi) is 4.76. The van der Waals surface area contributed by atoms with Crippen molar-refractivity contribution in [2.24, 2.45) is 0 Å². The van der Waals surface area contributed by atoms with Crippen molar-refractivity contribution in [3.63, 3.8) is 0 Å². The minimum absolute atomic E-state index is 0.0110. The number of carbonyl (C=O) groups excluding carboxylic acids is 1. The fourth-order valence-corrected chi connectivity index (χ4v) is 4.92. The van der Waals surface area contributed by atoms with Crippen LogP contribution in [0.4, 0.5) is 0 Å². The fraction of sp³-hybridized carbons (Fsp3) is 0.389. The first-order valence-corrected chi connectivity index (χ1v) is 10.5. The van der Waals surface area contributed by atoms with Crippen LogP contribution in [0.15, 0.2) is 29.8 Å². The van der Waals surface area contributed by atoms with Gasteiger partial charge in [-0.1, -0.05) is 6.07 Å². The molecule has 0 bridgehead atoms. The van der Waals surface area contributed by atoms with Gasteiger partial charge in [0, 0.05) is 16.6 Å². The number of carbonyl (C=O) groups is 1. The van der Waals surface area contributed by atoms with E-state index in [1.54, 1.807) is 17.5 Å². The highest BCUT2D eigenvalue weighted by Crippen LogP contribution is 2.22. The normalized spacial score (nSPS) is 15.6. The van der Waals surface area contributed by atoms with E-state index in [4.69, 9.17) is 0 Å². The minimum atomic E-state index is -0.0110. The fourth-order valence-electron chi connectivity index (χ4n) is 3.13.